The second kappa shape index (κ2) is 7.54. The number of benzene rings is 1. The second-order valence-corrected chi connectivity index (χ2v) is 4.54. The lowest BCUT2D eigenvalue weighted by Gasteiger charge is -2.12. The summed E-state index contributed by atoms with van der Waals surface area (Å²) < 4.78 is 4.92. The summed E-state index contributed by atoms with van der Waals surface area (Å²) in [5, 5.41) is 2.59. The molecule has 0 spiro atoms. The molecule has 1 rings (SSSR count). The van der Waals surface area contributed by atoms with Gasteiger partial charge in [-0.05, 0) is 32.0 Å². The number of nitrogens with two attached hydrogens (primary N) is 1. The molecule has 0 saturated carbocycles. The first-order valence-corrected chi connectivity index (χ1v) is 6.81. The van der Waals surface area contributed by atoms with Crippen LogP contribution in [0.1, 0.15) is 47.9 Å². The monoisotopic (exact) mass is 292 g/mol. The number of nitrogens with one attached hydrogen (secondary N) is 1. The average molecular weight is 292 g/mol. The number of carbonyl (C=O) groups is 3. The zero-order valence-electron chi connectivity index (χ0n) is 12.4. The summed E-state index contributed by atoms with van der Waals surface area (Å²) in [6.45, 7) is 5.17. The number of amides is 1. The van der Waals surface area contributed by atoms with Crippen LogP contribution in [0.15, 0.2) is 18.2 Å². The van der Waals surface area contributed by atoms with E-state index in [1.807, 2.05) is 0 Å². The number of carbonyl (C=O) groups excluding carboxylic acids is 3. The highest BCUT2D eigenvalue weighted by Gasteiger charge is 2.18. The maximum atomic E-state index is 12.0. The van der Waals surface area contributed by atoms with Gasteiger partial charge in [0.15, 0.2) is 5.78 Å². The molecule has 3 N–H and O–H groups in total. The van der Waals surface area contributed by atoms with Gasteiger partial charge in [0.1, 0.15) is 0 Å². The van der Waals surface area contributed by atoms with Crippen molar-refractivity contribution in [2.24, 2.45) is 5.73 Å². The lowest BCUT2D eigenvalue weighted by atomic mass is 10.0. The van der Waals surface area contributed by atoms with Crippen LogP contribution in [0.2, 0.25) is 0 Å². The molecular formula is C15H20N2O4. The van der Waals surface area contributed by atoms with Crippen LogP contribution in [0, 0.1) is 0 Å². The minimum atomic E-state index is -0.667. The molecule has 0 saturated heterocycles. The number of Topliss-reactive ketones (excluding diaryl/α,β-unsaturated/α-hetero) is 1. The van der Waals surface area contributed by atoms with Crippen molar-refractivity contribution in [3.63, 3.8) is 0 Å². The minimum absolute atomic E-state index is 0.197. The fourth-order valence-corrected chi connectivity index (χ4v) is 1.69. The molecule has 6 heteroatoms. The molecule has 0 bridgehead atoms. The highest BCUT2D eigenvalue weighted by Crippen LogP contribution is 2.19. The van der Waals surface area contributed by atoms with Crippen molar-refractivity contribution in [2.45, 2.75) is 33.2 Å². The van der Waals surface area contributed by atoms with Crippen molar-refractivity contribution < 1.29 is 19.1 Å². The van der Waals surface area contributed by atoms with Gasteiger partial charge in [-0.25, -0.2) is 4.79 Å². The molecule has 114 valence electrons. The lowest BCUT2D eigenvalue weighted by molar-refractivity contribution is -0.117. The van der Waals surface area contributed by atoms with Crippen molar-refractivity contribution >= 4 is 23.3 Å². The van der Waals surface area contributed by atoms with E-state index in [0.717, 1.165) is 0 Å². The van der Waals surface area contributed by atoms with Gasteiger partial charge in [0.25, 0.3) is 0 Å². The maximum Gasteiger partial charge on any atom is 0.338 e. The topological polar surface area (TPSA) is 98.5 Å². The average Bonchev–Trinajstić information content (AvgIpc) is 2.46. The molecule has 0 fully saturated rings. The van der Waals surface area contributed by atoms with Gasteiger partial charge in [-0.15, -0.1) is 0 Å². The van der Waals surface area contributed by atoms with Gasteiger partial charge in [0, 0.05) is 17.7 Å². The SMILES string of the molecule is CCOC(=O)c1ccc(NC(=O)[C@H](C)N)cc1C(=O)CC. The zero-order chi connectivity index (χ0) is 16.0. The largest absolute Gasteiger partial charge is 0.462 e. The minimum Gasteiger partial charge on any atom is -0.462 e. The number of hydrogen-bond donors (Lipinski definition) is 2. The first kappa shape index (κ1) is 16.8. The second-order valence-electron chi connectivity index (χ2n) is 4.54. The van der Waals surface area contributed by atoms with Crippen molar-refractivity contribution in [1.29, 1.82) is 0 Å². The summed E-state index contributed by atoms with van der Waals surface area (Å²) in [4.78, 5) is 35.4. The molecule has 1 atom stereocenters. The third-order valence-corrected chi connectivity index (χ3v) is 2.82. The Bertz CT molecular complexity index is 553. The maximum absolute atomic E-state index is 12.0. The number of hydrogen-bond acceptors (Lipinski definition) is 5. The van der Waals surface area contributed by atoms with Crippen LogP contribution in [0.25, 0.3) is 0 Å². The van der Waals surface area contributed by atoms with E-state index in [-0.39, 0.29) is 35.8 Å². The zero-order valence-corrected chi connectivity index (χ0v) is 12.4. The summed E-state index contributed by atoms with van der Waals surface area (Å²) in [5.41, 5.74) is 6.32. The van der Waals surface area contributed by atoms with E-state index in [9.17, 15) is 14.4 Å². The van der Waals surface area contributed by atoms with E-state index in [0.29, 0.717) is 5.69 Å². The Kier molecular flexibility index (Phi) is 6.05. The first-order valence-electron chi connectivity index (χ1n) is 6.81. The highest BCUT2D eigenvalue weighted by atomic mass is 16.5. The van der Waals surface area contributed by atoms with Crippen molar-refractivity contribution in [3.8, 4) is 0 Å². The van der Waals surface area contributed by atoms with E-state index in [2.05, 4.69) is 5.32 Å². The summed E-state index contributed by atoms with van der Waals surface area (Å²) in [6.07, 6.45) is 0.247. The summed E-state index contributed by atoms with van der Waals surface area (Å²) in [6, 6.07) is 3.81. The fourth-order valence-electron chi connectivity index (χ4n) is 1.69. The molecule has 6 nitrogen and oxygen atoms in total. The van der Waals surface area contributed by atoms with Crippen LogP contribution in [-0.2, 0) is 9.53 Å². The van der Waals surface area contributed by atoms with Crippen LogP contribution in [0.5, 0.6) is 0 Å². The quantitative estimate of drug-likeness (QED) is 0.614. The summed E-state index contributed by atoms with van der Waals surface area (Å²) in [5.74, 6) is -1.12. The summed E-state index contributed by atoms with van der Waals surface area (Å²) in [7, 11) is 0. The third kappa shape index (κ3) is 4.39. The van der Waals surface area contributed by atoms with E-state index in [4.69, 9.17) is 10.5 Å². The first-order chi connectivity index (χ1) is 9.90. The summed E-state index contributed by atoms with van der Waals surface area (Å²) >= 11 is 0. The van der Waals surface area contributed by atoms with Crippen molar-refractivity contribution in [3.05, 3.63) is 29.3 Å². The van der Waals surface area contributed by atoms with Crippen LogP contribution in [0.4, 0.5) is 5.69 Å². The van der Waals surface area contributed by atoms with Gasteiger partial charge in [-0.2, -0.15) is 0 Å². The molecular weight excluding hydrogens is 272 g/mol. The normalized spacial score (nSPS) is 11.6. The van der Waals surface area contributed by atoms with E-state index in [1.165, 1.54) is 12.1 Å². The Labute approximate surface area is 123 Å². The van der Waals surface area contributed by atoms with Gasteiger partial charge < -0.3 is 15.8 Å². The van der Waals surface area contributed by atoms with Crippen LogP contribution in [-0.4, -0.2) is 30.3 Å². The number of anilines is 1. The molecule has 0 aliphatic carbocycles. The molecule has 0 radical (unpaired) electrons. The number of ether oxygens (including phenoxy) is 1. The molecule has 0 heterocycles. The Morgan fingerprint density at radius 3 is 2.43 bits per heavy atom. The van der Waals surface area contributed by atoms with Crippen molar-refractivity contribution in [2.75, 3.05) is 11.9 Å². The van der Waals surface area contributed by atoms with Gasteiger partial charge in [0.05, 0.1) is 18.2 Å². The number of esters is 1. The standard InChI is InChI=1S/C15H20N2O4/c1-4-13(18)12-8-10(17-14(19)9(3)16)6-7-11(12)15(20)21-5-2/h6-9H,4-5,16H2,1-3H3,(H,17,19)/t9-/m0/s1. The smallest absolute Gasteiger partial charge is 0.338 e. The van der Waals surface area contributed by atoms with Crippen molar-refractivity contribution in [1.82, 2.24) is 0 Å². The predicted molar refractivity (Wildman–Crippen MR) is 79.3 cm³/mol. The van der Waals surface area contributed by atoms with E-state index >= 15 is 0 Å². The highest BCUT2D eigenvalue weighted by molar-refractivity contribution is 6.07. The Morgan fingerprint density at radius 2 is 1.90 bits per heavy atom. The predicted octanol–water partition coefficient (Wildman–Crippen LogP) is 1.74. The van der Waals surface area contributed by atoms with Crippen LogP contribution >= 0.6 is 0 Å². The lowest BCUT2D eigenvalue weighted by Crippen LogP contribution is -2.32. The molecule has 1 aromatic carbocycles. The van der Waals surface area contributed by atoms with E-state index in [1.54, 1.807) is 26.8 Å². The molecule has 21 heavy (non-hydrogen) atoms. The Hall–Kier alpha value is -2.21. The fraction of sp³-hybridized carbons (Fsp3) is 0.400. The molecule has 0 unspecified atom stereocenters. The molecule has 1 amide bonds. The van der Waals surface area contributed by atoms with E-state index < -0.39 is 12.0 Å². The Morgan fingerprint density at radius 1 is 1.24 bits per heavy atom. The number of ketones is 1. The van der Waals surface area contributed by atoms with Gasteiger partial charge in [-0.1, -0.05) is 6.92 Å². The third-order valence-electron chi connectivity index (χ3n) is 2.82. The molecule has 0 aliphatic heterocycles. The Balaban J connectivity index is 3.15. The molecule has 0 aliphatic rings. The molecule has 0 aromatic heterocycles. The van der Waals surface area contributed by atoms with Gasteiger partial charge >= 0.3 is 5.97 Å². The van der Waals surface area contributed by atoms with Crippen LogP contribution < -0.4 is 11.1 Å². The van der Waals surface area contributed by atoms with Gasteiger partial charge in [0.2, 0.25) is 5.91 Å². The molecule has 1 aromatic rings. The number of rotatable bonds is 6. The van der Waals surface area contributed by atoms with Gasteiger partial charge in [-0.3, -0.25) is 9.59 Å². The van der Waals surface area contributed by atoms with Crippen LogP contribution in [0.3, 0.4) is 0 Å².